The Labute approximate surface area is 205 Å². The van der Waals surface area contributed by atoms with Gasteiger partial charge in [0.1, 0.15) is 23.1 Å². The summed E-state index contributed by atoms with van der Waals surface area (Å²) in [6.07, 6.45) is 1.25. The fourth-order valence-corrected chi connectivity index (χ4v) is 4.78. The molecular weight excluding hydrogens is 476 g/mol. The van der Waals surface area contributed by atoms with E-state index >= 15 is 0 Å². The van der Waals surface area contributed by atoms with Crippen molar-refractivity contribution in [2.45, 2.75) is 39.4 Å². The lowest BCUT2D eigenvalue weighted by Crippen LogP contribution is -2.23. The number of carboxylic acid groups (broad SMARTS) is 1. The zero-order valence-electron chi connectivity index (χ0n) is 19.0. The van der Waals surface area contributed by atoms with Gasteiger partial charge >= 0.3 is 11.9 Å². The molecule has 3 heterocycles. The maximum absolute atomic E-state index is 13.1. The number of halogens is 1. The number of pyridine rings is 1. The van der Waals surface area contributed by atoms with Crippen LogP contribution in [0.15, 0.2) is 54.7 Å². The van der Waals surface area contributed by atoms with E-state index in [0.717, 1.165) is 16.9 Å². The predicted octanol–water partition coefficient (Wildman–Crippen LogP) is 6.51. The molecule has 34 heavy (non-hydrogen) atoms. The highest BCUT2D eigenvalue weighted by molar-refractivity contribution is 7.17. The molecule has 1 unspecified atom stereocenters. The molecule has 7 nitrogen and oxygen atoms in total. The van der Waals surface area contributed by atoms with Gasteiger partial charge in [-0.25, -0.2) is 14.6 Å². The molecule has 0 aliphatic carbocycles. The molecule has 3 aromatic heterocycles. The number of rotatable bonds is 6. The number of carboxylic acids is 1. The smallest absolute Gasteiger partial charge is 0.356 e. The van der Waals surface area contributed by atoms with E-state index < -0.39 is 23.6 Å². The third kappa shape index (κ3) is 4.78. The van der Waals surface area contributed by atoms with Gasteiger partial charge in [-0.3, -0.25) is 4.40 Å². The number of aromatic nitrogens is 2. The molecule has 4 rings (SSSR count). The van der Waals surface area contributed by atoms with Crippen LogP contribution in [0.3, 0.4) is 0 Å². The van der Waals surface area contributed by atoms with E-state index in [-0.39, 0.29) is 16.3 Å². The van der Waals surface area contributed by atoms with Crippen LogP contribution in [0.1, 0.15) is 59.5 Å². The Hall–Kier alpha value is -3.36. The zero-order chi connectivity index (χ0) is 24.6. The molecule has 0 saturated carbocycles. The number of imidazole rings is 1. The number of nitrogens with zero attached hydrogens (tertiary/aromatic N) is 2. The first-order valence-corrected chi connectivity index (χ1v) is 11.7. The highest BCUT2D eigenvalue weighted by Gasteiger charge is 2.29. The number of hydrogen-bond acceptors (Lipinski definition) is 6. The minimum Gasteiger partial charge on any atom is -0.484 e. The quantitative estimate of drug-likeness (QED) is 0.305. The van der Waals surface area contributed by atoms with Gasteiger partial charge in [0, 0.05) is 22.8 Å². The number of thiophene rings is 1. The Morgan fingerprint density at radius 3 is 2.53 bits per heavy atom. The number of fused-ring (bicyclic) bond motifs is 1. The minimum absolute atomic E-state index is 0.117. The van der Waals surface area contributed by atoms with Crippen LogP contribution in [0, 0.1) is 0 Å². The molecule has 9 heteroatoms. The Kier molecular flexibility index (Phi) is 6.38. The third-order valence-corrected chi connectivity index (χ3v) is 6.34. The van der Waals surface area contributed by atoms with Crippen LogP contribution < -0.4 is 4.74 Å². The first-order chi connectivity index (χ1) is 16.0. The summed E-state index contributed by atoms with van der Waals surface area (Å²) in [6, 6.07) is 14.2. The molecule has 0 aliphatic heterocycles. The van der Waals surface area contributed by atoms with Crippen molar-refractivity contribution in [3.63, 3.8) is 0 Å². The number of esters is 1. The second kappa shape index (κ2) is 9.12. The average molecular weight is 499 g/mol. The van der Waals surface area contributed by atoms with Crippen molar-refractivity contribution in [2.24, 2.45) is 0 Å². The average Bonchev–Trinajstić information content (AvgIpc) is 3.34. The van der Waals surface area contributed by atoms with Crippen molar-refractivity contribution in [1.29, 1.82) is 0 Å². The van der Waals surface area contributed by atoms with Crippen molar-refractivity contribution in [3.8, 4) is 16.3 Å². The van der Waals surface area contributed by atoms with Gasteiger partial charge in [0.15, 0.2) is 10.6 Å². The van der Waals surface area contributed by atoms with Crippen molar-refractivity contribution >= 4 is 40.5 Å². The van der Waals surface area contributed by atoms with E-state index in [9.17, 15) is 14.7 Å². The molecule has 176 valence electrons. The molecular formula is C25H23ClN2O5S. The lowest BCUT2D eigenvalue weighted by Gasteiger charge is -2.20. The summed E-state index contributed by atoms with van der Waals surface area (Å²) in [5.41, 5.74) is 0.761. The van der Waals surface area contributed by atoms with E-state index in [0.29, 0.717) is 21.2 Å². The molecule has 0 bridgehead atoms. The van der Waals surface area contributed by atoms with Gasteiger partial charge in [0.05, 0.1) is 10.6 Å². The highest BCUT2D eigenvalue weighted by Crippen LogP contribution is 2.41. The molecule has 0 aliphatic rings. The fraction of sp³-hybridized carbons (Fsp3) is 0.240. The van der Waals surface area contributed by atoms with Gasteiger partial charge in [-0.05, 0) is 45.9 Å². The summed E-state index contributed by atoms with van der Waals surface area (Å²) in [6.45, 7) is 7.16. The second-order valence-corrected chi connectivity index (χ2v) is 10.1. The molecule has 1 N–H and O–H groups in total. The number of carbonyl (C=O) groups is 2. The van der Waals surface area contributed by atoms with E-state index in [1.807, 2.05) is 25.1 Å². The summed E-state index contributed by atoms with van der Waals surface area (Å²) < 4.78 is 13.5. The summed E-state index contributed by atoms with van der Waals surface area (Å²) in [4.78, 5) is 30.0. The fourth-order valence-electron chi connectivity index (χ4n) is 3.48. The van der Waals surface area contributed by atoms with Gasteiger partial charge in [-0.15, -0.1) is 11.3 Å². The largest absolute Gasteiger partial charge is 0.484 e. The van der Waals surface area contributed by atoms with Crippen LogP contribution >= 0.6 is 22.9 Å². The van der Waals surface area contributed by atoms with Crippen LogP contribution in [0.2, 0.25) is 5.02 Å². The summed E-state index contributed by atoms with van der Waals surface area (Å²) >= 11 is 7.43. The highest BCUT2D eigenvalue weighted by atomic mass is 35.5. The normalized spacial score (nSPS) is 12.5. The topological polar surface area (TPSA) is 90.1 Å². The van der Waals surface area contributed by atoms with Gasteiger partial charge < -0.3 is 14.6 Å². The first-order valence-electron chi connectivity index (χ1n) is 10.5. The monoisotopic (exact) mass is 498 g/mol. The van der Waals surface area contributed by atoms with E-state index in [1.54, 1.807) is 61.7 Å². The molecule has 1 aromatic carbocycles. The van der Waals surface area contributed by atoms with Gasteiger partial charge in [-0.2, -0.15) is 0 Å². The van der Waals surface area contributed by atoms with Crippen molar-refractivity contribution in [1.82, 2.24) is 9.38 Å². The maximum Gasteiger partial charge on any atom is 0.356 e. The number of ether oxygens (including phenoxy) is 2. The van der Waals surface area contributed by atoms with Crippen molar-refractivity contribution in [2.75, 3.05) is 0 Å². The Bertz CT molecular complexity index is 1390. The summed E-state index contributed by atoms with van der Waals surface area (Å²) in [7, 11) is 0. The number of benzene rings is 1. The van der Waals surface area contributed by atoms with E-state index in [4.69, 9.17) is 21.1 Å². The first kappa shape index (κ1) is 23.8. The summed E-state index contributed by atoms with van der Waals surface area (Å²) in [5.74, 6) is -1.45. The summed E-state index contributed by atoms with van der Waals surface area (Å²) in [5, 5.41) is 10.3. The van der Waals surface area contributed by atoms with Crippen LogP contribution in [0.5, 0.6) is 5.75 Å². The molecule has 0 saturated heterocycles. The number of hydrogen-bond donors (Lipinski definition) is 1. The van der Waals surface area contributed by atoms with Crippen LogP contribution in [-0.4, -0.2) is 32.0 Å². The van der Waals surface area contributed by atoms with Crippen LogP contribution in [0.4, 0.5) is 0 Å². The molecule has 0 amide bonds. The Morgan fingerprint density at radius 1 is 1.15 bits per heavy atom. The lowest BCUT2D eigenvalue weighted by atomic mass is 10.1. The second-order valence-electron chi connectivity index (χ2n) is 8.63. The van der Waals surface area contributed by atoms with Gasteiger partial charge in [0.2, 0.25) is 0 Å². The predicted molar refractivity (Wildman–Crippen MR) is 131 cm³/mol. The van der Waals surface area contributed by atoms with Gasteiger partial charge in [-0.1, -0.05) is 35.9 Å². The Balaban J connectivity index is 1.84. The molecule has 0 fully saturated rings. The van der Waals surface area contributed by atoms with Crippen molar-refractivity contribution < 1.29 is 24.2 Å². The zero-order valence-corrected chi connectivity index (χ0v) is 20.6. The third-order valence-electron chi connectivity index (χ3n) is 4.90. The SMILES string of the molecule is CC(Oc1cc(-c2c(C(=O)O)nc3ccccn23)sc1C(=O)OC(C)(C)C)c1ccccc1Cl. The minimum atomic E-state index is -1.17. The molecule has 1 atom stereocenters. The Morgan fingerprint density at radius 2 is 1.85 bits per heavy atom. The standard InChI is InChI=1S/C25H23ClN2O5S/c1-14(15-9-5-6-10-16(15)26)32-17-13-18(34-22(17)24(31)33-25(2,3)4)21-20(23(29)30)27-19-11-7-8-12-28(19)21/h5-14H,1-4H3,(H,29,30). The van der Waals surface area contributed by atoms with Gasteiger partial charge in [0.25, 0.3) is 0 Å². The van der Waals surface area contributed by atoms with E-state index in [2.05, 4.69) is 4.98 Å². The van der Waals surface area contributed by atoms with Crippen molar-refractivity contribution in [3.05, 3.63) is 75.9 Å². The molecule has 0 spiro atoms. The molecule has 4 aromatic rings. The number of carbonyl (C=O) groups excluding carboxylic acids is 1. The molecule has 0 radical (unpaired) electrons. The number of aromatic carboxylic acids is 1. The maximum atomic E-state index is 13.1. The lowest BCUT2D eigenvalue weighted by molar-refractivity contribution is 0.00704. The van der Waals surface area contributed by atoms with Crippen LogP contribution in [0.25, 0.3) is 16.2 Å². The van der Waals surface area contributed by atoms with E-state index in [1.165, 1.54) is 0 Å². The van der Waals surface area contributed by atoms with Crippen LogP contribution in [-0.2, 0) is 4.74 Å².